The number of aromatic hydroxyl groups is 2. The number of aliphatic hydroxyl groups excluding tert-OH is 1. The van der Waals surface area contributed by atoms with Crippen molar-refractivity contribution in [1.29, 1.82) is 0 Å². The Balaban J connectivity index is 1.67. The second-order valence-electron chi connectivity index (χ2n) is 11.2. The number of hydrogen-bond donors (Lipinski definition) is 4. The Morgan fingerprint density at radius 1 is 1.12 bits per heavy atom. The molecule has 11 heteroatoms. The number of phenols is 2. The summed E-state index contributed by atoms with van der Waals surface area (Å²) >= 11 is 0. The Bertz CT molecular complexity index is 1400. The van der Waals surface area contributed by atoms with Crippen LogP contribution in [0.25, 0.3) is 0 Å². The van der Waals surface area contributed by atoms with Gasteiger partial charge in [0, 0.05) is 35.6 Å². The van der Waals surface area contributed by atoms with E-state index in [1.165, 1.54) is 31.2 Å². The molecule has 1 fully saturated rings. The Morgan fingerprint density at radius 3 is 2.48 bits per heavy atom. The Hall–Kier alpha value is -3.35. The molecule has 2 aromatic rings. The van der Waals surface area contributed by atoms with E-state index in [1.54, 1.807) is 6.92 Å². The SMILES string of the molecule is COC(=O)C1c2cc3c(c(O)c2C(OC2CC(N(C)C)C(O)C(C)O2)CC1(C)O)C(=O)c1c(O)cccc1C3=O. The van der Waals surface area contributed by atoms with Gasteiger partial charge in [0.25, 0.3) is 0 Å². The number of nitrogens with zero attached hydrogens (tertiary/aromatic N) is 1. The van der Waals surface area contributed by atoms with Crippen LogP contribution in [0.4, 0.5) is 0 Å². The minimum Gasteiger partial charge on any atom is -0.507 e. The molecule has 2 aliphatic carbocycles. The molecule has 7 atom stereocenters. The summed E-state index contributed by atoms with van der Waals surface area (Å²) in [5, 5.41) is 44.1. The lowest BCUT2D eigenvalue weighted by atomic mass is 9.68. The minimum absolute atomic E-state index is 0.0419. The van der Waals surface area contributed by atoms with Crippen LogP contribution in [0.2, 0.25) is 0 Å². The van der Waals surface area contributed by atoms with Gasteiger partial charge in [0.1, 0.15) is 17.4 Å². The first-order valence-corrected chi connectivity index (χ1v) is 13.0. The molecule has 1 heterocycles. The number of methoxy groups -OCH3 is 1. The highest BCUT2D eigenvalue weighted by Crippen LogP contribution is 2.53. The van der Waals surface area contributed by atoms with Gasteiger partial charge in [0.2, 0.25) is 5.78 Å². The average molecular weight is 556 g/mol. The zero-order valence-electron chi connectivity index (χ0n) is 22.9. The van der Waals surface area contributed by atoms with Crippen molar-refractivity contribution in [2.75, 3.05) is 21.2 Å². The van der Waals surface area contributed by atoms with Gasteiger partial charge in [-0.1, -0.05) is 12.1 Å². The predicted molar refractivity (Wildman–Crippen MR) is 139 cm³/mol. The second kappa shape index (κ2) is 9.93. The number of esters is 1. The molecule has 0 radical (unpaired) electrons. The summed E-state index contributed by atoms with van der Waals surface area (Å²) in [7, 11) is 4.80. The molecule has 7 unspecified atom stereocenters. The smallest absolute Gasteiger partial charge is 0.316 e. The third kappa shape index (κ3) is 4.29. The average Bonchev–Trinajstić information content (AvgIpc) is 2.87. The van der Waals surface area contributed by atoms with Crippen LogP contribution in [0.3, 0.4) is 0 Å². The number of aliphatic hydroxyl groups is 2. The number of phenolic OH excluding ortho intramolecular Hbond substituents is 2. The number of fused-ring (bicyclic) bond motifs is 3. The number of carbonyl (C=O) groups excluding carboxylic acids is 3. The fraction of sp³-hybridized carbons (Fsp3) is 0.483. The van der Waals surface area contributed by atoms with Crippen LogP contribution in [0.15, 0.2) is 24.3 Å². The maximum absolute atomic E-state index is 13.6. The lowest BCUT2D eigenvalue weighted by Crippen LogP contribution is -2.54. The quantitative estimate of drug-likeness (QED) is 0.347. The third-order valence-electron chi connectivity index (χ3n) is 8.30. The van der Waals surface area contributed by atoms with E-state index in [1.807, 2.05) is 19.0 Å². The molecule has 4 N–H and O–H groups in total. The zero-order valence-corrected chi connectivity index (χ0v) is 22.9. The van der Waals surface area contributed by atoms with Crippen molar-refractivity contribution in [2.24, 2.45) is 0 Å². The summed E-state index contributed by atoms with van der Waals surface area (Å²) in [6, 6.07) is 5.11. The van der Waals surface area contributed by atoms with Crippen molar-refractivity contribution in [3.05, 3.63) is 57.6 Å². The van der Waals surface area contributed by atoms with Crippen LogP contribution in [-0.4, -0.2) is 94.2 Å². The van der Waals surface area contributed by atoms with E-state index >= 15 is 0 Å². The van der Waals surface area contributed by atoms with Crippen LogP contribution in [-0.2, 0) is 19.0 Å². The molecular weight excluding hydrogens is 522 g/mol. The molecule has 3 aliphatic rings. The third-order valence-corrected chi connectivity index (χ3v) is 8.30. The van der Waals surface area contributed by atoms with Gasteiger partial charge in [-0.3, -0.25) is 14.4 Å². The summed E-state index contributed by atoms with van der Waals surface area (Å²) in [5.41, 5.74) is -2.36. The summed E-state index contributed by atoms with van der Waals surface area (Å²) in [4.78, 5) is 41.9. The molecule has 11 nitrogen and oxygen atoms in total. The fourth-order valence-corrected chi connectivity index (χ4v) is 6.29. The van der Waals surface area contributed by atoms with Crippen molar-refractivity contribution in [2.45, 2.75) is 68.9 Å². The highest BCUT2D eigenvalue weighted by Gasteiger charge is 2.51. The number of hydrogen-bond acceptors (Lipinski definition) is 11. The van der Waals surface area contributed by atoms with Crippen molar-refractivity contribution in [3.63, 3.8) is 0 Å². The number of benzene rings is 2. The van der Waals surface area contributed by atoms with Crippen molar-refractivity contribution in [3.8, 4) is 11.5 Å². The number of rotatable bonds is 4. The van der Waals surface area contributed by atoms with Crippen molar-refractivity contribution in [1.82, 2.24) is 4.90 Å². The van der Waals surface area contributed by atoms with Crippen LogP contribution < -0.4 is 0 Å². The second-order valence-corrected chi connectivity index (χ2v) is 11.2. The van der Waals surface area contributed by atoms with Crippen molar-refractivity contribution >= 4 is 17.5 Å². The van der Waals surface area contributed by atoms with Crippen molar-refractivity contribution < 1.29 is 49.0 Å². The van der Waals surface area contributed by atoms with E-state index in [2.05, 4.69) is 0 Å². The summed E-state index contributed by atoms with van der Waals surface area (Å²) in [6.07, 6.45) is -3.23. The van der Waals surface area contributed by atoms with Gasteiger partial charge in [-0.15, -0.1) is 0 Å². The van der Waals surface area contributed by atoms with E-state index < -0.39 is 65.2 Å². The van der Waals surface area contributed by atoms with Gasteiger partial charge in [-0.2, -0.15) is 0 Å². The zero-order chi connectivity index (χ0) is 29.3. The molecule has 5 rings (SSSR count). The fourth-order valence-electron chi connectivity index (χ4n) is 6.29. The lowest BCUT2D eigenvalue weighted by Gasteiger charge is -2.45. The molecule has 0 saturated carbocycles. The molecule has 0 bridgehead atoms. The molecule has 40 heavy (non-hydrogen) atoms. The van der Waals surface area contributed by atoms with Gasteiger partial charge >= 0.3 is 5.97 Å². The van der Waals surface area contributed by atoms with E-state index in [9.17, 15) is 34.8 Å². The molecule has 0 amide bonds. The number of carbonyl (C=O) groups is 3. The predicted octanol–water partition coefficient (Wildman–Crippen LogP) is 1.77. The first-order valence-electron chi connectivity index (χ1n) is 13.0. The first-order chi connectivity index (χ1) is 18.8. The van der Waals surface area contributed by atoms with Crippen LogP contribution in [0.5, 0.6) is 11.5 Å². The van der Waals surface area contributed by atoms with E-state index in [4.69, 9.17) is 14.2 Å². The van der Waals surface area contributed by atoms with Crippen LogP contribution in [0.1, 0.15) is 81.7 Å². The van der Waals surface area contributed by atoms with Gasteiger partial charge in [0.15, 0.2) is 12.1 Å². The van der Waals surface area contributed by atoms with E-state index in [0.717, 1.165) is 7.11 Å². The number of ether oxygens (including phenoxy) is 3. The summed E-state index contributed by atoms with van der Waals surface area (Å²) in [5.74, 6) is -4.47. The van der Waals surface area contributed by atoms with Crippen LogP contribution >= 0.6 is 0 Å². The number of ketones is 2. The lowest BCUT2D eigenvalue weighted by molar-refractivity contribution is -0.257. The number of likely N-dealkylation sites (N-methyl/N-ethyl adjacent to an activating group) is 1. The highest BCUT2D eigenvalue weighted by atomic mass is 16.7. The molecule has 1 saturated heterocycles. The summed E-state index contributed by atoms with van der Waals surface area (Å²) in [6.45, 7) is 3.14. The molecule has 214 valence electrons. The Labute approximate surface area is 230 Å². The monoisotopic (exact) mass is 555 g/mol. The first kappa shape index (κ1) is 28.2. The maximum Gasteiger partial charge on any atom is 0.316 e. The van der Waals surface area contributed by atoms with E-state index in [0.29, 0.717) is 0 Å². The molecular formula is C29H33NO10. The molecule has 0 aromatic heterocycles. The summed E-state index contributed by atoms with van der Waals surface area (Å²) < 4.78 is 17.2. The topological polar surface area (TPSA) is 163 Å². The standard InChI is InChI=1S/C29H33NO10/c1-12-24(32)16(30(3)4)10-19(39-12)40-18-11-29(2,37)23(28(36)38-5)14-9-15-22(27(35)21(14)18)26(34)20-13(25(15)33)7-6-8-17(20)31/h6-9,12,16,18-19,23-24,31-32,35,37H,10-11H2,1-5H3. The highest BCUT2D eigenvalue weighted by molar-refractivity contribution is 6.30. The van der Waals surface area contributed by atoms with Gasteiger partial charge in [0.05, 0.1) is 42.1 Å². The Morgan fingerprint density at radius 2 is 1.82 bits per heavy atom. The van der Waals surface area contributed by atoms with E-state index in [-0.39, 0.29) is 52.3 Å². The maximum atomic E-state index is 13.6. The van der Waals surface area contributed by atoms with Crippen LogP contribution in [0, 0.1) is 0 Å². The normalized spacial score (nSPS) is 31.4. The van der Waals surface area contributed by atoms with Gasteiger partial charge in [-0.05, 0) is 45.6 Å². The minimum atomic E-state index is -1.73. The molecule has 1 aliphatic heterocycles. The Kier molecular flexibility index (Phi) is 7.00. The molecule has 0 spiro atoms. The van der Waals surface area contributed by atoms with Gasteiger partial charge in [-0.25, -0.2) is 0 Å². The molecule has 2 aromatic carbocycles. The largest absolute Gasteiger partial charge is 0.507 e. The van der Waals surface area contributed by atoms with Gasteiger partial charge < -0.3 is 39.5 Å².